The van der Waals surface area contributed by atoms with Gasteiger partial charge in [0.05, 0.1) is 17.7 Å². The maximum absolute atomic E-state index is 12.4. The molecule has 0 aliphatic carbocycles. The lowest BCUT2D eigenvalue weighted by Gasteiger charge is -2.19. The Morgan fingerprint density at radius 3 is 2.54 bits per heavy atom. The smallest absolute Gasteiger partial charge is 0.319 e. The summed E-state index contributed by atoms with van der Waals surface area (Å²) in [6.07, 6.45) is 0.593. The molecule has 2 rings (SSSR count). The second kappa shape index (κ2) is 9.91. The number of anilines is 1. The van der Waals surface area contributed by atoms with Gasteiger partial charge in [-0.25, -0.2) is 4.79 Å². The van der Waals surface area contributed by atoms with E-state index >= 15 is 0 Å². The number of carbonyl (C=O) groups is 2. The highest BCUT2D eigenvalue weighted by Gasteiger charge is 2.17. The van der Waals surface area contributed by atoms with Crippen LogP contribution in [-0.2, 0) is 11.2 Å². The summed E-state index contributed by atoms with van der Waals surface area (Å²) in [6.45, 7) is 0. The molecule has 1 unspecified atom stereocenters. The maximum atomic E-state index is 12.4. The minimum absolute atomic E-state index is 0.0993. The first-order valence-corrected chi connectivity index (χ1v) is 8.54. The molecule has 0 heterocycles. The zero-order valence-corrected chi connectivity index (χ0v) is 15.3. The number of methoxy groups -OCH3 is 1. The maximum Gasteiger partial charge on any atom is 0.319 e. The summed E-state index contributed by atoms with van der Waals surface area (Å²) in [6, 6.07) is 12.2. The highest BCUT2D eigenvalue weighted by atomic mass is 16.6. The molecule has 0 saturated carbocycles. The predicted molar refractivity (Wildman–Crippen MR) is 103 cm³/mol. The lowest BCUT2D eigenvalue weighted by Crippen LogP contribution is -2.39. The molecule has 0 radical (unpaired) electrons. The molecule has 2 aromatic carbocycles. The van der Waals surface area contributed by atoms with Crippen LogP contribution >= 0.6 is 0 Å². The Morgan fingerprint density at radius 1 is 1.21 bits per heavy atom. The molecule has 0 aromatic heterocycles. The number of non-ortho nitro benzene ring substituents is 1. The molecule has 1 atom stereocenters. The van der Waals surface area contributed by atoms with Crippen molar-refractivity contribution in [3.8, 4) is 5.75 Å². The van der Waals surface area contributed by atoms with Gasteiger partial charge in [-0.2, -0.15) is 0 Å². The summed E-state index contributed by atoms with van der Waals surface area (Å²) in [5.74, 6) is -0.688. The van der Waals surface area contributed by atoms with Crippen LogP contribution in [0.15, 0.2) is 48.5 Å². The standard InChI is InChI=1S/C19H21N3O6/c1-28-17-9-8-15(22(26)27)12-16(17)21-19(25)20-14(7-10-18(23)24)11-13-5-3-2-4-6-13/h2-6,8-9,12,14H,7,10-11H2,1H3,(H,23,24)(H2,20,21,25). The molecule has 148 valence electrons. The molecule has 0 saturated heterocycles. The average molecular weight is 387 g/mol. The number of carboxylic acids is 1. The van der Waals surface area contributed by atoms with E-state index in [1.165, 1.54) is 25.3 Å². The number of nitrogens with one attached hydrogen (secondary N) is 2. The molecule has 0 spiro atoms. The van der Waals surface area contributed by atoms with Crippen LogP contribution in [0.3, 0.4) is 0 Å². The topological polar surface area (TPSA) is 131 Å². The molecule has 0 aliphatic heterocycles. The van der Waals surface area contributed by atoms with Gasteiger partial charge in [0.25, 0.3) is 5.69 Å². The number of amides is 2. The summed E-state index contributed by atoms with van der Waals surface area (Å²) >= 11 is 0. The lowest BCUT2D eigenvalue weighted by atomic mass is 10.0. The number of ether oxygens (including phenoxy) is 1. The van der Waals surface area contributed by atoms with Crippen molar-refractivity contribution in [3.05, 3.63) is 64.2 Å². The van der Waals surface area contributed by atoms with E-state index in [9.17, 15) is 19.7 Å². The first-order valence-electron chi connectivity index (χ1n) is 8.54. The molecule has 0 aliphatic rings. The normalized spacial score (nSPS) is 11.3. The van der Waals surface area contributed by atoms with Gasteiger partial charge in [0.2, 0.25) is 0 Å². The van der Waals surface area contributed by atoms with Crippen LogP contribution in [0, 0.1) is 10.1 Å². The average Bonchev–Trinajstić information content (AvgIpc) is 2.66. The van der Waals surface area contributed by atoms with Gasteiger partial charge >= 0.3 is 12.0 Å². The molecule has 9 nitrogen and oxygen atoms in total. The van der Waals surface area contributed by atoms with Gasteiger partial charge in [0.1, 0.15) is 5.75 Å². The molecule has 2 amide bonds. The monoisotopic (exact) mass is 387 g/mol. The number of hydrogen-bond acceptors (Lipinski definition) is 5. The van der Waals surface area contributed by atoms with Crippen LogP contribution in [0.25, 0.3) is 0 Å². The molecule has 0 bridgehead atoms. The van der Waals surface area contributed by atoms with Gasteiger partial charge in [0, 0.05) is 24.6 Å². The summed E-state index contributed by atoms with van der Waals surface area (Å²) in [5, 5.41) is 25.2. The van der Waals surface area contributed by atoms with Crippen molar-refractivity contribution < 1.29 is 24.4 Å². The van der Waals surface area contributed by atoms with Crippen LogP contribution in [0.5, 0.6) is 5.75 Å². The predicted octanol–water partition coefficient (Wildman–Crippen LogP) is 3.20. The van der Waals surface area contributed by atoms with Gasteiger partial charge in [-0.15, -0.1) is 0 Å². The second-order valence-corrected chi connectivity index (χ2v) is 6.06. The highest BCUT2D eigenvalue weighted by Crippen LogP contribution is 2.28. The van der Waals surface area contributed by atoms with E-state index in [1.54, 1.807) is 0 Å². The summed E-state index contributed by atoms with van der Waals surface area (Å²) in [4.78, 5) is 33.7. The Kier molecular flexibility index (Phi) is 7.32. The van der Waals surface area contributed by atoms with Crippen molar-refractivity contribution >= 4 is 23.4 Å². The first kappa shape index (κ1) is 20.7. The number of nitrogens with zero attached hydrogens (tertiary/aromatic N) is 1. The minimum Gasteiger partial charge on any atom is -0.495 e. The number of urea groups is 1. The Morgan fingerprint density at radius 2 is 1.93 bits per heavy atom. The second-order valence-electron chi connectivity index (χ2n) is 6.06. The van der Waals surface area contributed by atoms with E-state index in [2.05, 4.69) is 10.6 Å². The van der Waals surface area contributed by atoms with Crippen LogP contribution in [0.1, 0.15) is 18.4 Å². The molecular formula is C19H21N3O6. The third kappa shape index (κ3) is 6.27. The summed E-state index contributed by atoms with van der Waals surface area (Å²) < 4.78 is 5.12. The summed E-state index contributed by atoms with van der Waals surface area (Å²) in [5.41, 5.74) is 0.903. The lowest BCUT2D eigenvalue weighted by molar-refractivity contribution is -0.384. The number of nitro benzene ring substituents is 1. The SMILES string of the molecule is COc1ccc([N+](=O)[O-])cc1NC(=O)NC(CCC(=O)O)Cc1ccccc1. The third-order valence-corrected chi connectivity index (χ3v) is 4.01. The summed E-state index contributed by atoms with van der Waals surface area (Å²) in [7, 11) is 1.38. The van der Waals surface area contributed by atoms with Crippen LogP contribution < -0.4 is 15.4 Å². The van der Waals surface area contributed by atoms with Crippen LogP contribution in [0.4, 0.5) is 16.2 Å². The molecule has 28 heavy (non-hydrogen) atoms. The fourth-order valence-electron chi connectivity index (χ4n) is 2.67. The number of carboxylic acid groups (broad SMARTS) is 1. The van der Waals surface area contributed by atoms with Gasteiger partial charge < -0.3 is 20.5 Å². The molecule has 2 aromatic rings. The molecule has 9 heteroatoms. The van der Waals surface area contributed by atoms with Gasteiger partial charge in [-0.3, -0.25) is 14.9 Å². The van der Waals surface area contributed by atoms with Gasteiger partial charge in [-0.05, 0) is 24.5 Å². The molecule has 3 N–H and O–H groups in total. The van der Waals surface area contributed by atoms with E-state index in [4.69, 9.17) is 9.84 Å². The molecule has 0 fully saturated rings. The fraction of sp³-hybridized carbons (Fsp3) is 0.263. The molecular weight excluding hydrogens is 366 g/mol. The Labute approximate surface area is 161 Å². The minimum atomic E-state index is -0.958. The fourth-order valence-corrected chi connectivity index (χ4v) is 2.67. The highest BCUT2D eigenvalue weighted by molar-refractivity contribution is 5.91. The van der Waals surface area contributed by atoms with Crippen molar-refractivity contribution in [1.82, 2.24) is 5.32 Å². The number of nitro groups is 1. The van der Waals surface area contributed by atoms with E-state index in [1.807, 2.05) is 30.3 Å². The zero-order chi connectivity index (χ0) is 20.5. The number of carbonyl (C=O) groups excluding carboxylic acids is 1. The van der Waals surface area contributed by atoms with Crippen LogP contribution in [-0.4, -0.2) is 35.2 Å². The Bertz CT molecular complexity index is 841. The van der Waals surface area contributed by atoms with E-state index in [-0.39, 0.29) is 30.0 Å². The van der Waals surface area contributed by atoms with E-state index in [0.29, 0.717) is 6.42 Å². The largest absolute Gasteiger partial charge is 0.495 e. The third-order valence-electron chi connectivity index (χ3n) is 4.01. The van der Waals surface area contributed by atoms with E-state index in [0.717, 1.165) is 5.56 Å². The Balaban J connectivity index is 2.10. The van der Waals surface area contributed by atoms with Crippen LogP contribution in [0.2, 0.25) is 0 Å². The van der Waals surface area contributed by atoms with Crippen molar-refractivity contribution in [2.75, 3.05) is 12.4 Å². The number of hydrogen-bond donors (Lipinski definition) is 3. The Hall–Kier alpha value is -3.62. The number of aliphatic carboxylic acids is 1. The zero-order valence-electron chi connectivity index (χ0n) is 15.3. The van der Waals surface area contributed by atoms with Crippen molar-refractivity contribution in [2.24, 2.45) is 0 Å². The quantitative estimate of drug-likeness (QED) is 0.447. The first-order chi connectivity index (χ1) is 13.4. The van der Waals surface area contributed by atoms with Crippen molar-refractivity contribution in [3.63, 3.8) is 0 Å². The number of benzene rings is 2. The van der Waals surface area contributed by atoms with E-state index < -0.39 is 23.0 Å². The van der Waals surface area contributed by atoms with Crippen molar-refractivity contribution in [2.45, 2.75) is 25.3 Å². The van der Waals surface area contributed by atoms with Gasteiger partial charge in [0.15, 0.2) is 0 Å². The van der Waals surface area contributed by atoms with Gasteiger partial charge in [-0.1, -0.05) is 30.3 Å². The van der Waals surface area contributed by atoms with Crippen molar-refractivity contribution in [1.29, 1.82) is 0 Å². The number of rotatable bonds is 9.